The van der Waals surface area contributed by atoms with E-state index in [1.165, 1.54) is 11.8 Å². The molecule has 1 fully saturated rings. The largest absolute Gasteiger partial charge is 0.453 e. The predicted molar refractivity (Wildman–Crippen MR) is 145 cm³/mol. The molecular formula is C29H32F6N2O4S. The minimum absolute atomic E-state index is 0.0531. The summed E-state index contributed by atoms with van der Waals surface area (Å²) in [5.41, 5.74) is -2.29. The highest BCUT2D eigenvalue weighted by Gasteiger charge is 2.47. The Balaban J connectivity index is 1.85. The summed E-state index contributed by atoms with van der Waals surface area (Å²) in [6.07, 6.45) is -10.1. The van der Waals surface area contributed by atoms with Crippen molar-refractivity contribution in [1.29, 1.82) is 0 Å². The Morgan fingerprint density at radius 1 is 1.02 bits per heavy atom. The molecule has 4 rings (SSSR count). The molecule has 0 radical (unpaired) electrons. The molecule has 0 aromatic heterocycles. The molecule has 2 atom stereocenters. The van der Waals surface area contributed by atoms with E-state index in [2.05, 4.69) is 0 Å². The number of methoxy groups -OCH3 is 1. The molecular weight excluding hydrogens is 586 g/mol. The first kappa shape index (κ1) is 31.8. The van der Waals surface area contributed by atoms with Crippen LogP contribution in [0.3, 0.4) is 0 Å². The predicted octanol–water partition coefficient (Wildman–Crippen LogP) is 8.68. The van der Waals surface area contributed by atoms with Gasteiger partial charge in [0.05, 0.1) is 36.1 Å². The zero-order valence-electron chi connectivity index (χ0n) is 23.5. The zero-order chi connectivity index (χ0) is 31.0. The molecule has 0 N–H and O–H groups in total. The third-order valence-electron chi connectivity index (χ3n) is 7.21. The molecule has 1 saturated carbocycles. The van der Waals surface area contributed by atoms with Crippen LogP contribution in [0.25, 0.3) is 0 Å². The van der Waals surface area contributed by atoms with E-state index >= 15 is 0 Å². The molecule has 1 aliphatic heterocycles. The Morgan fingerprint density at radius 3 is 2.14 bits per heavy atom. The van der Waals surface area contributed by atoms with Gasteiger partial charge in [0.25, 0.3) is 0 Å². The first-order valence-electron chi connectivity index (χ1n) is 13.5. The monoisotopic (exact) mass is 618 g/mol. The third-order valence-corrected chi connectivity index (χ3v) is 8.09. The van der Waals surface area contributed by atoms with Crippen LogP contribution in [-0.2, 0) is 28.4 Å². The van der Waals surface area contributed by atoms with Crippen LogP contribution in [0, 0.1) is 5.92 Å². The van der Waals surface area contributed by atoms with Gasteiger partial charge in [-0.2, -0.15) is 26.3 Å². The van der Waals surface area contributed by atoms with Gasteiger partial charge in [0.1, 0.15) is 0 Å². The molecule has 2 aliphatic rings. The van der Waals surface area contributed by atoms with Crippen molar-refractivity contribution in [2.75, 3.05) is 17.8 Å². The van der Waals surface area contributed by atoms with Gasteiger partial charge in [-0.05, 0) is 92.3 Å². The zero-order valence-corrected chi connectivity index (χ0v) is 24.3. The molecule has 0 spiro atoms. The molecule has 42 heavy (non-hydrogen) atoms. The second-order valence-electron chi connectivity index (χ2n) is 10.6. The second kappa shape index (κ2) is 12.3. The van der Waals surface area contributed by atoms with Gasteiger partial charge in [0, 0.05) is 17.5 Å². The van der Waals surface area contributed by atoms with Gasteiger partial charge in [0.15, 0.2) is 0 Å². The van der Waals surface area contributed by atoms with E-state index in [1.807, 2.05) is 13.0 Å². The lowest BCUT2D eigenvalue weighted by molar-refractivity contribution is -0.143. The summed E-state index contributed by atoms with van der Waals surface area (Å²) in [6, 6.07) is 5.46. The lowest BCUT2D eigenvalue weighted by atomic mass is 9.87. The summed E-state index contributed by atoms with van der Waals surface area (Å²) in [4.78, 5) is 30.1. The number of hydrogen-bond acceptors (Lipinski definition) is 5. The van der Waals surface area contributed by atoms with Crippen LogP contribution in [0.1, 0.15) is 68.3 Å². The number of ether oxygens (including phenoxy) is 2. The number of halogens is 6. The van der Waals surface area contributed by atoms with Crippen LogP contribution in [0.5, 0.6) is 0 Å². The van der Waals surface area contributed by atoms with E-state index in [0.29, 0.717) is 23.4 Å². The van der Waals surface area contributed by atoms with E-state index in [1.54, 1.807) is 30.9 Å². The first-order chi connectivity index (χ1) is 19.6. The molecule has 2 unspecified atom stereocenters. The van der Waals surface area contributed by atoms with Crippen molar-refractivity contribution in [3.63, 3.8) is 0 Å². The number of rotatable bonds is 7. The van der Waals surface area contributed by atoms with Crippen molar-refractivity contribution < 1.29 is 45.4 Å². The quantitative estimate of drug-likeness (QED) is 0.230. The number of amides is 2. The molecule has 230 valence electrons. The van der Waals surface area contributed by atoms with Crippen LogP contribution in [0.2, 0.25) is 0 Å². The normalized spacial score (nSPS) is 19.0. The second-order valence-corrected chi connectivity index (χ2v) is 12.0. The maximum absolute atomic E-state index is 13.6. The van der Waals surface area contributed by atoms with Gasteiger partial charge in [0.2, 0.25) is 0 Å². The minimum atomic E-state index is -5.04. The van der Waals surface area contributed by atoms with Crippen LogP contribution in [0.15, 0.2) is 41.3 Å². The summed E-state index contributed by atoms with van der Waals surface area (Å²) in [5, 5.41) is 0. The summed E-state index contributed by atoms with van der Waals surface area (Å²) in [5.74, 6) is 0.813. The van der Waals surface area contributed by atoms with Crippen LogP contribution >= 0.6 is 11.8 Å². The number of benzene rings is 2. The average molecular weight is 619 g/mol. The molecule has 2 aromatic carbocycles. The van der Waals surface area contributed by atoms with Crippen molar-refractivity contribution in [1.82, 2.24) is 4.90 Å². The summed E-state index contributed by atoms with van der Waals surface area (Å²) >= 11 is 1.51. The van der Waals surface area contributed by atoms with E-state index < -0.39 is 60.4 Å². The lowest BCUT2D eigenvalue weighted by Gasteiger charge is -2.44. The van der Waals surface area contributed by atoms with Crippen molar-refractivity contribution in [2.45, 2.75) is 82.0 Å². The van der Waals surface area contributed by atoms with Gasteiger partial charge < -0.3 is 9.47 Å². The lowest BCUT2D eigenvalue weighted by Crippen LogP contribution is -2.50. The van der Waals surface area contributed by atoms with Crippen molar-refractivity contribution in [2.24, 2.45) is 5.92 Å². The summed E-state index contributed by atoms with van der Waals surface area (Å²) in [7, 11) is 1.10. The molecule has 6 nitrogen and oxygen atoms in total. The van der Waals surface area contributed by atoms with E-state index in [9.17, 15) is 35.9 Å². The topological polar surface area (TPSA) is 59.1 Å². The van der Waals surface area contributed by atoms with Crippen molar-refractivity contribution >= 4 is 29.6 Å². The SMILES string of the molecule is CCSc1ccc2c(c1)C(N(Cc1cc(C(F)(F)F)cc(C(F)(F)F)c1)C(=O)OC)CC(C1CC1)N2C(=O)OC(C)C. The van der Waals surface area contributed by atoms with Crippen molar-refractivity contribution in [3.05, 3.63) is 58.7 Å². The fraction of sp³-hybridized carbons (Fsp3) is 0.517. The van der Waals surface area contributed by atoms with Crippen LogP contribution in [0.4, 0.5) is 41.6 Å². The van der Waals surface area contributed by atoms with Gasteiger partial charge >= 0.3 is 24.5 Å². The molecule has 0 saturated heterocycles. The number of nitrogens with zero attached hydrogens (tertiary/aromatic N) is 2. The van der Waals surface area contributed by atoms with Crippen LogP contribution < -0.4 is 4.90 Å². The van der Waals surface area contributed by atoms with Crippen molar-refractivity contribution in [3.8, 4) is 0 Å². The highest BCUT2D eigenvalue weighted by atomic mass is 32.2. The van der Waals surface area contributed by atoms with Gasteiger partial charge in [-0.3, -0.25) is 9.80 Å². The Hall–Kier alpha value is -3.09. The first-order valence-corrected chi connectivity index (χ1v) is 14.5. The standard InChI is InChI=1S/C29H32F6N2O4S/c1-5-42-21-8-9-23-22(13-21)25(14-24(18-6-7-18)37(23)27(39)41-16(2)3)36(26(38)40-4)15-17-10-19(28(30,31)32)12-20(11-17)29(33,34)35/h8-13,16,18,24-25H,5-7,14-15H2,1-4H3. The fourth-order valence-corrected chi connectivity index (χ4v) is 6.02. The molecule has 2 amide bonds. The summed E-state index contributed by atoms with van der Waals surface area (Å²) in [6.45, 7) is 4.82. The maximum atomic E-state index is 13.6. The van der Waals surface area contributed by atoms with E-state index in [-0.39, 0.29) is 24.0 Å². The summed E-state index contributed by atoms with van der Waals surface area (Å²) < 4.78 is 92.1. The van der Waals surface area contributed by atoms with Crippen LogP contribution in [-0.4, -0.2) is 42.1 Å². The maximum Gasteiger partial charge on any atom is 0.416 e. The Labute approximate surface area is 244 Å². The van der Waals surface area contributed by atoms with Gasteiger partial charge in [-0.25, -0.2) is 9.59 Å². The van der Waals surface area contributed by atoms with Gasteiger partial charge in [-0.1, -0.05) is 6.92 Å². The third kappa shape index (κ3) is 7.09. The number of carbonyl (C=O) groups excluding carboxylic acids is 2. The number of anilines is 1. The smallest absolute Gasteiger partial charge is 0.416 e. The van der Waals surface area contributed by atoms with Gasteiger partial charge in [-0.15, -0.1) is 11.8 Å². The highest BCUT2D eigenvalue weighted by molar-refractivity contribution is 7.99. The fourth-order valence-electron chi connectivity index (χ4n) is 5.31. The molecule has 13 heteroatoms. The Kier molecular flexibility index (Phi) is 9.29. The number of thioether (sulfide) groups is 1. The molecule has 0 bridgehead atoms. The average Bonchev–Trinajstić information content (AvgIpc) is 3.74. The molecule has 1 aliphatic carbocycles. The Morgan fingerprint density at radius 2 is 1.64 bits per heavy atom. The molecule has 1 heterocycles. The number of alkyl halides is 6. The molecule has 2 aromatic rings. The van der Waals surface area contributed by atoms with E-state index in [0.717, 1.165) is 35.5 Å². The van der Waals surface area contributed by atoms with E-state index in [4.69, 9.17) is 9.47 Å². The number of hydrogen-bond donors (Lipinski definition) is 0. The Bertz CT molecular complexity index is 1280. The number of fused-ring (bicyclic) bond motifs is 1. The number of carbonyl (C=O) groups is 2. The minimum Gasteiger partial charge on any atom is -0.453 e. The highest BCUT2D eigenvalue weighted by Crippen LogP contribution is 2.49.